The summed E-state index contributed by atoms with van der Waals surface area (Å²) in [7, 11) is 1.37. The summed E-state index contributed by atoms with van der Waals surface area (Å²) in [4.78, 5) is 11.8. The van der Waals surface area contributed by atoms with Crippen LogP contribution in [0.1, 0.15) is 11.1 Å². The van der Waals surface area contributed by atoms with Gasteiger partial charge in [0.05, 0.1) is 7.11 Å². The zero-order valence-electron chi connectivity index (χ0n) is 10.7. The quantitative estimate of drug-likeness (QED) is 0.473. The Hall–Kier alpha value is -2.57. The maximum atomic E-state index is 11.8. The molecule has 0 bridgehead atoms. The lowest BCUT2D eigenvalue weighted by Crippen LogP contribution is -2.02. The first-order valence-corrected chi connectivity index (χ1v) is 5.97. The van der Waals surface area contributed by atoms with Crippen LogP contribution in [0.2, 0.25) is 0 Å². The van der Waals surface area contributed by atoms with Crippen LogP contribution in [0.15, 0.2) is 66.4 Å². The van der Waals surface area contributed by atoms with Crippen molar-refractivity contribution in [1.29, 1.82) is 0 Å². The lowest BCUT2D eigenvalue weighted by Gasteiger charge is -2.02. The van der Waals surface area contributed by atoms with Crippen molar-refractivity contribution in [2.75, 3.05) is 7.11 Å². The van der Waals surface area contributed by atoms with E-state index in [-0.39, 0.29) is 0 Å². The van der Waals surface area contributed by atoms with Crippen molar-refractivity contribution < 1.29 is 9.53 Å². The second kappa shape index (κ2) is 6.39. The second-order valence-corrected chi connectivity index (χ2v) is 3.93. The monoisotopic (exact) mass is 250 g/mol. The Bertz CT molecular complexity index is 606. The molecule has 0 heterocycles. The molecule has 0 aromatic heterocycles. The number of carbonyl (C=O) groups is 1. The molecule has 0 radical (unpaired) electrons. The molecular formula is C17H14O2. The van der Waals surface area contributed by atoms with Gasteiger partial charge in [-0.05, 0) is 17.2 Å². The third kappa shape index (κ3) is 3.44. The van der Waals surface area contributed by atoms with E-state index in [0.29, 0.717) is 5.57 Å². The predicted octanol–water partition coefficient (Wildman–Crippen LogP) is 3.56. The SMILES string of the molecule is COC(=O)C(=C=Cc1ccccc1)c1ccccc1. The first-order chi connectivity index (χ1) is 9.31. The average molecular weight is 250 g/mol. The van der Waals surface area contributed by atoms with Gasteiger partial charge in [0.25, 0.3) is 0 Å². The molecule has 2 nitrogen and oxygen atoms in total. The Kier molecular flexibility index (Phi) is 4.33. The molecule has 94 valence electrons. The van der Waals surface area contributed by atoms with E-state index in [1.54, 1.807) is 6.08 Å². The molecule has 0 saturated carbocycles. The molecule has 2 aromatic rings. The number of esters is 1. The van der Waals surface area contributed by atoms with Crippen LogP contribution in [0.5, 0.6) is 0 Å². The molecule has 0 aliphatic rings. The molecule has 0 saturated heterocycles. The molecule has 0 spiro atoms. The van der Waals surface area contributed by atoms with Gasteiger partial charge in [0.1, 0.15) is 5.57 Å². The minimum absolute atomic E-state index is 0.390. The largest absolute Gasteiger partial charge is 0.465 e. The van der Waals surface area contributed by atoms with Gasteiger partial charge >= 0.3 is 5.97 Å². The second-order valence-electron chi connectivity index (χ2n) is 3.93. The maximum absolute atomic E-state index is 11.8. The maximum Gasteiger partial charge on any atom is 0.346 e. The van der Waals surface area contributed by atoms with Crippen LogP contribution in [0, 0.1) is 0 Å². The van der Waals surface area contributed by atoms with Crippen molar-refractivity contribution in [2.24, 2.45) is 0 Å². The summed E-state index contributed by atoms with van der Waals surface area (Å²) in [6.07, 6.45) is 1.78. The van der Waals surface area contributed by atoms with E-state index in [9.17, 15) is 4.79 Å². The summed E-state index contributed by atoms with van der Waals surface area (Å²) in [5.74, 6) is -0.390. The zero-order chi connectivity index (χ0) is 13.5. The van der Waals surface area contributed by atoms with Gasteiger partial charge in [-0.15, -0.1) is 5.73 Å². The Morgan fingerprint density at radius 1 is 1.00 bits per heavy atom. The number of benzene rings is 2. The van der Waals surface area contributed by atoms with Gasteiger partial charge < -0.3 is 4.74 Å². The van der Waals surface area contributed by atoms with Gasteiger partial charge in [-0.2, -0.15) is 0 Å². The van der Waals surface area contributed by atoms with Crippen molar-refractivity contribution >= 4 is 17.6 Å². The minimum atomic E-state index is -0.390. The number of carbonyl (C=O) groups excluding carboxylic acids is 1. The fourth-order valence-corrected chi connectivity index (χ4v) is 1.67. The Morgan fingerprint density at radius 3 is 2.16 bits per heavy atom. The van der Waals surface area contributed by atoms with E-state index >= 15 is 0 Å². The molecule has 0 N–H and O–H groups in total. The van der Waals surface area contributed by atoms with Crippen LogP contribution in [-0.2, 0) is 9.53 Å². The molecular weight excluding hydrogens is 236 g/mol. The van der Waals surface area contributed by atoms with E-state index in [1.807, 2.05) is 60.7 Å². The highest BCUT2D eigenvalue weighted by Crippen LogP contribution is 2.15. The van der Waals surface area contributed by atoms with Crippen molar-refractivity contribution in [3.63, 3.8) is 0 Å². The van der Waals surface area contributed by atoms with Crippen molar-refractivity contribution in [3.05, 3.63) is 77.5 Å². The minimum Gasteiger partial charge on any atom is -0.465 e. The van der Waals surface area contributed by atoms with Gasteiger partial charge in [0.2, 0.25) is 0 Å². The topological polar surface area (TPSA) is 26.3 Å². The van der Waals surface area contributed by atoms with Gasteiger partial charge in [-0.1, -0.05) is 60.7 Å². The van der Waals surface area contributed by atoms with E-state index in [1.165, 1.54) is 7.11 Å². The fourth-order valence-electron chi connectivity index (χ4n) is 1.67. The predicted molar refractivity (Wildman–Crippen MR) is 76.3 cm³/mol. The first-order valence-electron chi connectivity index (χ1n) is 5.97. The highest BCUT2D eigenvalue weighted by atomic mass is 16.5. The Morgan fingerprint density at radius 2 is 1.58 bits per heavy atom. The Balaban J connectivity index is 2.45. The lowest BCUT2D eigenvalue weighted by molar-refractivity contribution is -0.133. The number of hydrogen-bond donors (Lipinski definition) is 0. The summed E-state index contributed by atoms with van der Waals surface area (Å²) in [5, 5.41) is 0. The molecule has 0 aliphatic carbocycles. The van der Waals surface area contributed by atoms with Gasteiger partial charge in [-0.25, -0.2) is 4.79 Å². The van der Waals surface area contributed by atoms with Crippen LogP contribution in [0.3, 0.4) is 0 Å². The van der Waals surface area contributed by atoms with Gasteiger partial charge in [0, 0.05) is 0 Å². The number of hydrogen-bond acceptors (Lipinski definition) is 2. The fraction of sp³-hybridized carbons (Fsp3) is 0.0588. The molecule has 19 heavy (non-hydrogen) atoms. The molecule has 0 aliphatic heterocycles. The van der Waals surface area contributed by atoms with Crippen LogP contribution in [0.25, 0.3) is 11.6 Å². The highest BCUT2D eigenvalue weighted by molar-refractivity contribution is 6.16. The lowest BCUT2D eigenvalue weighted by atomic mass is 10.1. The number of methoxy groups -OCH3 is 1. The smallest absolute Gasteiger partial charge is 0.346 e. The summed E-state index contributed by atoms with van der Waals surface area (Å²) in [6, 6.07) is 19.1. The standard InChI is InChI=1S/C17H14O2/c1-19-17(18)16(15-10-6-3-7-11-15)13-12-14-8-4-2-5-9-14/h2-12H,1H3. The van der Waals surface area contributed by atoms with Crippen LogP contribution >= 0.6 is 0 Å². The highest BCUT2D eigenvalue weighted by Gasteiger charge is 2.10. The van der Waals surface area contributed by atoms with Crippen molar-refractivity contribution in [2.45, 2.75) is 0 Å². The third-order valence-electron chi connectivity index (χ3n) is 2.63. The number of rotatable bonds is 3. The molecule has 0 fully saturated rings. The molecule has 0 unspecified atom stereocenters. The van der Waals surface area contributed by atoms with E-state index in [4.69, 9.17) is 4.74 Å². The molecule has 2 heteroatoms. The normalized spacial score (nSPS) is 9.32. The average Bonchev–Trinajstić information content (AvgIpc) is 2.49. The van der Waals surface area contributed by atoms with Gasteiger partial charge in [0.15, 0.2) is 0 Å². The van der Waals surface area contributed by atoms with Crippen LogP contribution in [0.4, 0.5) is 0 Å². The van der Waals surface area contributed by atoms with Crippen molar-refractivity contribution in [3.8, 4) is 0 Å². The zero-order valence-corrected chi connectivity index (χ0v) is 10.7. The summed E-state index contributed by atoms with van der Waals surface area (Å²) >= 11 is 0. The van der Waals surface area contributed by atoms with Gasteiger partial charge in [-0.3, -0.25) is 0 Å². The first kappa shape index (κ1) is 12.9. The third-order valence-corrected chi connectivity index (χ3v) is 2.63. The molecule has 2 rings (SSSR count). The van der Waals surface area contributed by atoms with E-state index in [0.717, 1.165) is 11.1 Å². The van der Waals surface area contributed by atoms with E-state index in [2.05, 4.69) is 5.73 Å². The summed E-state index contributed by atoms with van der Waals surface area (Å²) < 4.78 is 4.80. The molecule has 0 amide bonds. The molecule has 2 aromatic carbocycles. The Labute approximate surface area is 112 Å². The van der Waals surface area contributed by atoms with Crippen LogP contribution < -0.4 is 0 Å². The number of ether oxygens (including phenoxy) is 1. The van der Waals surface area contributed by atoms with E-state index < -0.39 is 5.97 Å². The summed E-state index contributed by atoms with van der Waals surface area (Å²) in [6.45, 7) is 0. The molecule has 0 atom stereocenters. The summed E-state index contributed by atoms with van der Waals surface area (Å²) in [5.41, 5.74) is 5.22. The van der Waals surface area contributed by atoms with Crippen LogP contribution in [-0.4, -0.2) is 13.1 Å². The van der Waals surface area contributed by atoms with Crippen molar-refractivity contribution in [1.82, 2.24) is 0 Å².